The molecule has 34 heavy (non-hydrogen) atoms. The molecule has 0 spiro atoms. The molecule has 0 aliphatic carbocycles. The van der Waals surface area contributed by atoms with Crippen molar-refractivity contribution in [2.24, 2.45) is 5.16 Å². The summed E-state index contributed by atoms with van der Waals surface area (Å²) in [6, 6.07) is 14.7. The number of anilines is 1. The second-order valence-electron chi connectivity index (χ2n) is 8.52. The molecule has 0 saturated heterocycles. The number of hydrogen-bond donors (Lipinski definition) is 1. The maximum atomic E-state index is 13.2. The lowest BCUT2D eigenvalue weighted by molar-refractivity contribution is 0.000954. The van der Waals surface area contributed by atoms with Crippen LogP contribution in [0.3, 0.4) is 0 Å². The van der Waals surface area contributed by atoms with Gasteiger partial charge in [-0.3, -0.25) is 4.72 Å². The number of aromatic nitrogens is 4. The predicted molar refractivity (Wildman–Crippen MR) is 132 cm³/mol. The molecular formula is C23H23ClN6O3S. The Morgan fingerprint density at radius 2 is 1.85 bits per heavy atom. The van der Waals surface area contributed by atoms with E-state index >= 15 is 0 Å². The third-order valence-electron chi connectivity index (χ3n) is 4.69. The lowest BCUT2D eigenvalue weighted by atomic mass is 10.1. The number of benzene rings is 2. The Bertz CT molecular complexity index is 1470. The Hall–Kier alpha value is -3.50. The van der Waals surface area contributed by atoms with E-state index in [0.717, 1.165) is 5.56 Å². The summed E-state index contributed by atoms with van der Waals surface area (Å²) in [6.45, 7) is 7.49. The first-order valence-corrected chi connectivity index (χ1v) is 12.2. The van der Waals surface area contributed by atoms with E-state index in [2.05, 4.69) is 25.2 Å². The van der Waals surface area contributed by atoms with Crippen LogP contribution in [0.1, 0.15) is 33.3 Å². The van der Waals surface area contributed by atoms with Crippen molar-refractivity contribution in [2.75, 3.05) is 4.72 Å². The zero-order chi connectivity index (χ0) is 24.5. The average molecular weight is 499 g/mol. The Balaban J connectivity index is 1.64. The minimum absolute atomic E-state index is 0.0896. The lowest BCUT2D eigenvalue weighted by Crippen LogP contribution is -2.17. The molecule has 0 fully saturated rings. The summed E-state index contributed by atoms with van der Waals surface area (Å²) in [5.74, 6) is 0. The van der Waals surface area contributed by atoms with Crippen LogP contribution in [0.15, 0.2) is 70.8 Å². The molecule has 9 nitrogen and oxygen atoms in total. The molecule has 4 aromatic rings. The van der Waals surface area contributed by atoms with Crippen molar-refractivity contribution in [3.8, 4) is 5.69 Å². The van der Waals surface area contributed by atoms with Gasteiger partial charge in [0.1, 0.15) is 11.1 Å². The van der Waals surface area contributed by atoms with E-state index in [1.807, 2.05) is 20.8 Å². The number of pyridine rings is 1. The minimum atomic E-state index is -3.91. The zero-order valence-electron chi connectivity index (χ0n) is 19.0. The minimum Gasteiger partial charge on any atom is -0.390 e. The lowest BCUT2D eigenvalue weighted by Gasteiger charge is -2.16. The maximum absolute atomic E-state index is 13.2. The third kappa shape index (κ3) is 5.18. The number of halogens is 1. The van der Waals surface area contributed by atoms with E-state index in [0.29, 0.717) is 33.3 Å². The highest BCUT2D eigenvalue weighted by Crippen LogP contribution is 2.28. The van der Waals surface area contributed by atoms with Crippen molar-refractivity contribution in [3.63, 3.8) is 0 Å². The first-order valence-electron chi connectivity index (χ1n) is 10.4. The van der Waals surface area contributed by atoms with Crippen LogP contribution in [0.4, 0.5) is 5.69 Å². The third-order valence-corrected chi connectivity index (χ3v) is 6.31. The van der Waals surface area contributed by atoms with Crippen molar-refractivity contribution in [1.29, 1.82) is 0 Å². The second-order valence-corrected chi connectivity index (χ2v) is 10.6. The number of hydrogen-bond acceptors (Lipinski definition) is 7. The predicted octanol–water partition coefficient (Wildman–Crippen LogP) is 4.81. The highest BCUT2D eigenvalue weighted by molar-refractivity contribution is 7.92. The summed E-state index contributed by atoms with van der Waals surface area (Å²) >= 11 is 6.20. The normalized spacial score (nSPS) is 12.7. The fraction of sp³-hybridized carbons (Fsp3) is 0.217. The maximum Gasteiger partial charge on any atom is 0.261 e. The van der Waals surface area contributed by atoms with Gasteiger partial charge in [0.25, 0.3) is 10.0 Å². The van der Waals surface area contributed by atoms with Crippen LogP contribution in [-0.4, -0.2) is 39.7 Å². The SMILES string of the molecule is C/C(=N\OC(C)(C)C)c1ccc(S(=O)(=O)Nc2ccc(Cl)cc2-n2nnc3ncccc32)cc1. The average Bonchev–Trinajstić information content (AvgIpc) is 3.22. The van der Waals surface area contributed by atoms with Gasteiger partial charge in [-0.2, -0.15) is 0 Å². The zero-order valence-corrected chi connectivity index (χ0v) is 20.6. The van der Waals surface area contributed by atoms with Crippen LogP contribution in [0.5, 0.6) is 0 Å². The highest BCUT2D eigenvalue weighted by Gasteiger charge is 2.19. The van der Waals surface area contributed by atoms with Crippen molar-refractivity contribution in [3.05, 3.63) is 71.4 Å². The number of sulfonamides is 1. The Morgan fingerprint density at radius 1 is 1.12 bits per heavy atom. The van der Waals surface area contributed by atoms with Gasteiger partial charge in [-0.1, -0.05) is 34.1 Å². The number of rotatable bonds is 6. The van der Waals surface area contributed by atoms with Gasteiger partial charge in [-0.25, -0.2) is 18.1 Å². The number of fused-ring (bicyclic) bond motifs is 1. The summed E-state index contributed by atoms with van der Waals surface area (Å²) in [5, 5.41) is 12.7. The molecule has 0 amide bonds. The first-order chi connectivity index (χ1) is 16.0. The van der Waals surface area contributed by atoms with Crippen LogP contribution in [-0.2, 0) is 14.9 Å². The quantitative estimate of drug-likeness (QED) is 0.301. The van der Waals surface area contributed by atoms with Crippen molar-refractivity contribution in [1.82, 2.24) is 20.0 Å². The van der Waals surface area contributed by atoms with Crippen LogP contribution < -0.4 is 4.72 Å². The van der Waals surface area contributed by atoms with Gasteiger partial charge in [-0.05, 0) is 75.7 Å². The molecule has 11 heteroatoms. The molecule has 176 valence electrons. The Morgan fingerprint density at radius 3 is 2.56 bits per heavy atom. The Labute approximate surface area is 202 Å². The molecule has 2 heterocycles. The first kappa shape index (κ1) is 23.7. The molecule has 0 aliphatic heterocycles. The van der Waals surface area contributed by atoms with Crippen molar-refractivity contribution in [2.45, 2.75) is 38.2 Å². The van der Waals surface area contributed by atoms with E-state index in [9.17, 15) is 8.42 Å². The van der Waals surface area contributed by atoms with Crippen LogP contribution in [0, 0.1) is 0 Å². The van der Waals surface area contributed by atoms with Crippen molar-refractivity contribution < 1.29 is 13.3 Å². The molecule has 2 aromatic heterocycles. The van der Waals surface area contributed by atoms with Gasteiger partial charge in [-0.15, -0.1) is 5.10 Å². The fourth-order valence-corrected chi connectivity index (χ4v) is 4.29. The fourth-order valence-electron chi connectivity index (χ4n) is 3.05. The van der Waals surface area contributed by atoms with Crippen molar-refractivity contribution >= 4 is 44.2 Å². The number of nitrogens with zero attached hydrogens (tertiary/aromatic N) is 5. The number of oxime groups is 1. The molecule has 4 rings (SSSR count). The topological polar surface area (TPSA) is 111 Å². The van der Waals surface area contributed by atoms with Crippen LogP contribution >= 0.6 is 11.6 Å². The van der Waals surface area contributed by atoms with E-state index < -0.39 is 15.6 Å². The molecule has 0 bridgehead atoms. The summed E-state index contributed by atoms with van der Waals surface area (Å²) < 4.78 is 30.4. The van der Waals surface area contributed by atoms with E-state index in [-0.39, 0.29) is 4.90 Å². The monoisotopic (exact) mass is 498 g/mol. The summed E-state index contributed by atoms with van der Waals surface area (Å²) in [4.78, 5) is 9.70. The molecule has 0 aliphatic rings. The van der Waals surface area contributed by atoms with E-state index in [1.54, 1.807) is 55.6 Å². The molecular weight excluding hydrogens is 476 g/mol. The van der Waals surface area contributed by atoms with Gasteiger partial charge in [0.15, 0.2) is 0 Å². The van der Waals surface area contributed by atoms with Gasteiger partial charge >= 0.3 is 0 Å². The smallest absolute Gasteiger partial charge is 0.261 e. The molecule has 2 aromatic carbocycles. The standard InChI is InChI=1S/C23H23ClN6O3S/c1-15(27-33-23(2,3)4)16-7-10-18(11-8-16)34(31,32)28-19-12-9-17(24)14-21(19)30-20-6-5-13-25-22(20)26-29-30/h5-14,28H,1-4H3/b27-15+. The highest BCUT2D eigenvalue weighted by atomic mass is 35.5. The molecule has 0 radical (unpaired) electrons. The largest absolute Gasteiger partial charge is 0.390 e. The number of nitrogens with one attached hydrogen (secondary N) is 1. The summed E-state index contributed by atoms with van der Waals surface area (Å²) in [5.41, 5.74) is 2.72. The molecule has 0 saturated carbocycles. The van der Waals surface area contributed by atoms with Gasteiger partial charge in [0.05, 0.1) is 22.0 Å². The molecule has 0 unspecified atom stereocenters. The second kappa shape index (κ2) is 9.03. The van der Waals surface area contributed by atoms with Crippen LogP contribution in [0.2, 0.25) is 5.02 Å². The summed E-state index contributed by atoms with van der Waals surface area (Å²) in [7, 11) is -3.91. The van der Waals surface area contributed by atoms with E-state index in [1.165, 1.54) is 16.8 Å². The molecule has 1 N–H and O–H groups in total. The Kier molecular flexibility index (Phi) is 6.28. The summed E-state index contributed by atoms with van der Waals surface area (Å²) in [6.07, 6.45) is 1.61. The van der Waals surface area contributed by atoms with Crippen LogP contribution in [0.25, 0.3) is 16.9 Å². The molecule has 0 atom stereocenters. The van der Waals surface area contributed by atoms with E-state index in [4.69, 9.17) is 16.4 Å². The van der Waals surface area contributed by atoms with Gasteiger partial charge < -0.3 is 4.84 Å². The van der Waals surface area contributed by atoms with Gasteiger partial charge in [0.2, 0.25) is 5.65 Å². The van der Waals surface area contributed by atoms with Gasteiger partial charge in [0, 0.05) is 11.2 Å².